The molecule has 0 bridgehead atoms. The van der Waals surface area contributed by atoms with E-state index >= 15 is 0 Å². The minimum atomic E-state index is -0.152. The molecule has 3 saturated heterocycles. The SMILES string of the molecule is COc1ccc(N2CCC(N3CCC4(CNC(=O)CO4)C3)CC2)cc1. The fourth-order valence-electron chi connectivity index (χ4n) is 4.31. The van der Waals surface area contributed by atoms with Gasteiger partial charge in [0.2, 0.25) is 5.91 Å². The van der Waals surface area contributed by atoms with E-state index in [1.807, 2.05) is 12.1 Å². The van der Waals surface area contributed by atoms with Crippen molar-refractivity contribution in [1.29, 1.82) is 0 Å². The number of likely N-dealkylation sites (tertiary alicyclic amines) is 1. The number of nitrogens with zero attached hydrogens (tertiary/aromatic N) is 2. The van der Waals surface area contributed by atoms with E-state index < -0.39 is 0 Å². The second-order valence-corrected chi connectivity index (χ2v) is 7.39. The summed E-state index contributed by atoms with van der Waals surface area (Å²) in [4.78, 5) is 16.4. The molecular weight excluding hydrogens is 318 g/mol. The van der Waals surface area contributed by atoms with Gasteiger partial charge in [-0.25, -0.2) is 0 Å². The normalized spacial score (nSPS) is 28.4. The van der Waals surface area contributed by atoms with Crippen LogP contribution in [0.1, 0.15) is 19.3 Å². The third-order valence-corrected chi connectivity index (χ3v) is 5.88. The number of morpholine rings is 1. The first-order valence-electron chi connectivity index (χ1n) is 9.21. The first-order valence-corrected chi connectivity index (χ1v) is 9.21. The molecular formula is C19H27N3O3. The topological polar surface area (TPSA) is 54.0 Å². The molecule has 3 fully saturated rings. The molecule has 1 aromatic carbocycles. The lowest BCUT2D eigenvalue weighted by Crippen LogP contribution is -2.54. The first kappa shape index (κ1) is 16.7. The van der Waals surface area contributed by atoms with Crippen LogP contribution < -0.4 is 15.0 Å². The number of anilines is 1. The van der Waals surface area contributed by atoms with E-state index in [1.54, 1.807) is 7.11 Å². The van der Waals surface area contributed by atoms with Crippen molar-refractivity contribution < 1.29 is 14.3 Å². The van der Waals surface area contributed by atoms with Crippen LogP contribution in [0.2, 0.25) is 0 Å². The van der Waals surface area contributed by atoms with Crippen molar-refractivity contribution in [1.82, 2.24) is 10.2 Å². The number of hydrogen-bond donors (Lipinski definition) is 1. The van der Waals surface area contributed by atoms with Crippen LogP contribution in [0.5, 0.6) is 5.75 Å². The van der Waals surface area contributed by atoms with Crippen LogP contribution in [-0.4, -0.2) is 68.9 Å². The number of carbonyl (C=O) groups excluding carboxylic acids is 1. The third-order valence-electron chi connectivity index (χ3n) is 5.88. The summed E-state index contributed by atoms with van der Waals surface area (Å²) < 4.78 is 11.1. The molecule has 1 aromatic rings. The number of amides is 1. The zero-order valence-corrected chi connectivity index (χ0v) is 14.9. The zero-order valence-electron chi connectivity index (χ0n) is 14.9. The number of piperidine rings is 1. The van der Waals surface area contributed by atoms with Crippen molar-refractivity contribution in [3.63, 3.8) is 0 Å². The van der Waals surface area contributed by atoms with Crippen LogP contribution in [0.15, 0.2) is 24.3 Å². The van der Waals surface area contributed by atoms with Crippen LogP contribution in [0, 0.1) is 0 Å². The molecule has 0 aromatic heterocycles. The van der Waals surface area contributed by atoms with Crippen LogP contribution in [0.4, 0.5) is 5.69 Å². The monoisotopic (exact) mass is 345 g/mol. The van der Waals surface area contributed by atoms with Crippen LogP contribution in [0.25, 0.3) is 0 Å². The van der Waals surface area contributed by atoms with Gasteiger partial charge in [-0.3, -0.25) is 9.69 Å². The molecule has 6 nitrogen and oxygen atoms in total. The Morgan fingerprint density at radius 2 is 1.96 bits per heavy atom. The lowest BCUT2D eigenvalue weighted by molar-refractivity contribution is -0.142. The molecule has 4 rings (SSSR count). The number of carbonyl (C=O) groups is 1. The summed E-state index contributed by atoms with van der Waals surface area (Å²) in [5.74, 6) is 0.914. The highest BCUT2D eigenvalue weighted by atomic mass is 16.5. The van der Waals surface area contributed by atoms with Gasteiger partial charge in [-0.15, -0.1) is 0 Å². The van der Waals surface area contributed by atoms with Gasteiger partial charge in [0.1, 0.15) is 12.4 Å². The summed E-state index contributed by atoms with van der Waals surface area (Å²) in [5.41, 5.74) is 1.12. The van der Waals surface area contributed by atoms with E-state index in [1.165, 1.54) is 18.5 Å². The molecule has 25 heavy (non-hydrogen) atoms. The van der Waals surface area contributed by atoms with Crippen molar-refractivity contribution in [2.24, 2.45) is 0 Å². The van der Waals surface area contributed by atoms with Crippen LogP contribution >= 0.6 is 0 Å². The van der Waals surface area contributed by atoms with E-state index in [2.05, 4.69) is 27.2 Å². The Morgan fingerprint density at radius 1 is 1.20 bits per heavy atom. The molecule has 0 radical (unpaired) electrons. The smallest absolute Gasteiger partial charge is 0.246 e. The van der Waals surface area contributed by atoms with Gasteiger partial charge in [-0.05, 0) is 43.5 Å². The van der Waals surface area contributed by atoms with Gasteiger partial charge < -0.3 is 19.7 Å². The van der Waals surface area contributed by atoms with Crippen molar-refractivity contribution in [3.8, 4) is 5.75 Å². The number of ether oxygens (including phenoxy) is 2. The fourth-order valence-corrected chi connectivity index (χ4v) is 4.31. The van der Waals surface area contributed by atoms with Crippen LogP contribution in [0.3, 0.4) is 0 Å². The Labute approximate surface area is 149 Å². The predicted molar refractivity (Wildman–Crippen MR) is 96.1 cm³/mol. The largest absolute Gasteiger partial charge is 0.497 e. The molecule has 136 valence electrons. The van der Waals surface area contributed by atoms with Gasteiger partial charge in [0.15, 0.2) is 0 Å². The second kappa shape index (κ2) is 6.84. The summed E-state index contributed by atoms with van der Waals surface area (Å²) >= 11 is 0. The molecule has 1 unspecified atom stereocenters. The molecule has 3 aliphatic heterocycles. The highest BCUT2D eigenvalue weighted by Gasteiger charge is 2.44. The van der Waals surface area contributed by atoms with Gasteiger partial charge in [0, 0.05) is 44.5 Å². The van der Waals surface area contributed by atoms with E-state index in [0.717, 1.165) is 38.3 Å². The first-order chi connectivity index (χ1) is 12.2. The van der Waals surface area contributed by atoms with E-state index in [9.17, 15) is 4.79 Å². The van der Waals surface area contributed by atoms with Gasteiger partial charge in [0.25, 0.3) is 0 Å². The van der Waals surface area contributed by atoms with E-state index in [4.69, 9.17) is 9.47 Å². The quantitative estimate of drug-likeness (QED) is 0.894. The summed E-state index contributed by atoms with van der Waals surface area (Å²) in [7, 11) is 1.70. The third kappa shape index (κ3) is 3.46. The molecule has 3 aliphatic rings. The molecule has 1 atom stereocenters. The maximum Gasteiger partial charge on any atom is 0.246 e. The molecule has 1 amide bonds. The minimum Gasteiger partial charge on any atom is -0.497 e. The summed E-state index contributed by atoms with van der Waals surface area (Å²) in [5, 5.41) is 2.97. The van der Waals surface area contributed by atoms with Gasteiger partial charge in [-0.1, -0.05) is 0 Å². The molecule has 1 spiro atoms. The van der Waals surface area contributed by atoms with Crippen molar-refractivity contribution in [2.75, 3.05) is 51.3 Å². The second-order valence-electron chi connectivity index (χ2n) is 7.39. The number of hydrogen-bond acceptors (Lipinski definition) is 5. The predicted octanol–water partition coefficient (Wildman–Crippen LogP) is 1.25. The van der Waals surface area contributed by atoms with Crippen LogP contribution in [-0.2, 0) is 9.53 Å². The number of rotatable bonds is 3. The minimum absolute atomic E-state index is 0.0110. The summed E-state index contributed by atoms with van der Waals surface area (Å²) in [6.07, 6.45) is 3.37. The molecule has 0 saturated carbocycles. The molecule has 6 heteroatoms. The number of benzene rings is 1. The van der Waals surface area contributed by atoms with Crippen molar-refractivity contribution in [3.05, 3.63) is 24.3 Å². The number of methoxy groups -OCH3 is 1. The number of nitrogens with one attached hydrogen (secondary N) is 1. The van der Waals surface area contributed by atoms with E-state index in [0.29, 0.717) is 12.6 Å². The average molecular weight is 345 g/mol. The standard InChI is InChI=1S/C19H27N3O3/c1-24-17-4-2-15(3-5-17)21-9-6-16(7-10-21)22-11-8-19(14-22)13-20-18(23)12-25-19/h2-5,16H,6-14H2,1H3,(H,20,23). The lowest BCUT2D eigenvalue weighted by Gasteiger charge is -2.39. The molecule has 1 N–H and O–H groups in total. The molecule has 0 aliphatic carbocycles. The Hall–Kier alpha value is -1.79. The highest BCUT2D eigenvalue weighted by Crippen LogP contribution is 2.32. The van der Waals surface area contributed by atoms with E-state index in [-0.39, 0.29) is 18.1 Å². The lowest BCUT2D eigenvalue weighted by atomic mass is 10.0. The maximum absolute atomic E-state index is 11.3. The average Bonchev–Trinajstić information content (AvgIpc) is 3.09. The Bertz CT molecular complexity index is 601. The summed E-state index contributed by atoms with van der Waals surface area (Å²) in [6, 6.07) is 8.96. The van der Waals surface area contributed by atoms with Gasteiger partial charge in [-0.2, -0.15) is 0 Å². The Kier molecular flexibility index (Phi) is 4.56. The summed E-state index contributed by atoms with van der Waals surface area (Å²) in [6.45, 7) is 5.05. The van der Waals surface area contributed by atoms with Gasteiger partial charge in [0.05, 0.1) is 12.7 Å². The zero-order chi connectivity index (χ0) is 17.3. The highest BCUT2D eigenvalue weighted by molar-refractivity contribution is 5.78. The maximum atomic E-state index is 11.3. The van der Waals surface area contributed by atoms with Crippen molar-refractivity contribution >= 4 is 11.6 Å². The Morgan fingerprint density at radius 3 is 2.60 bits per heavy atom. The Balaban J connectivity index is 1.31. The van der Waals surface area contributed by atoms with Crippen molar-refractivity contribution in [2.45, 2.75) is 30.9 Å². The fraction of sp³-hybridized carbons (Fsp3) is 0.632. The molecule has 3 heterocycles. The van der Waals surface area contributed by atoms with Gasteiger partial charge >= 0.3 is 0 Å².